The van der Waals surface area contributed by atoms with E-state index in [0.29, 0.717) is 11.3 Å². The van der Waals surface area contributed by atoms with Crippen LogP contribution in [0.1, 0.15) is 12.5 Å². The number of nitrogens with one attached hydrogen (secondary N) is 1. The number of carbonyl (C=O) groups excluding carboxylic acids is 1. The molecule has 0 aliphatic heterocycles. The monoisotopic (exact) mass is 280 g/mol. The van der Waals surface area contributed by atoms with Crippen LogP contribution in [0.3, 0.4) is 0 Å². The lowest BCUT2D eigenvalue weighted by Gasteiger charge is -2.14. The summed E-state index contributed by atoms with van der Waals surface area (Å²) < 4.78 is 0. The first kappa shape index (κ1) is 15.5. The van der Waals surface area contributed by atoms with Crippen LogP contribution in [0.5, 0.6) is 0 Å². The summed E-state index contributed by atoms with van der Waals surface area (Å²) in [6, 6.07) is 8.76. The zero-order valence-electron chi connectivity index (χ0n) is 10.5. The average molecular weight is 280 g/mol. The Hall–Kier alpha value is -1.55. The molecule has 102 valence electrons. The molecular weight excluding hydrogens is 264 g/mol. The molecular formula is C13H16N2O3S. The van der Waals surface area contributed by atoms with Crippen molar-refractivity contribution in [3.8, 4) is 6.07 Å². The van der Waals surface area contributed by atoms with Gasteiger partial charge in [-0.1, -0.05) is 12.1 Å². The summed E-state index contributed by atoms with van der Waals surface area (Å²) in [7, 11) is 0. The molecule has 6 heteroatoms. The lowest BCUT2D eigenvalue weighted by atomic mass is 10.2. The third-order valence-corrected chi connectivity index (χ3v) is 3.72. The quantitative estimate of drug-likeness (QED) is 0.722. The Morgan fingerprint density at radius 1 is 1.53 bits per heavy atom. The molecule has 0 saturated heterocycles. The Kier molecular flexibility index (Phi) is 6.36. The van der Waals surface area contributed by atoms with Crippen LogP contribution in [0.4, 0.5) is 5.69 Å². The van der Waals surface area contributed by atoms with Crippen LogP contribution in [0, 0.1) is 11.3 Å². The van der Waals surface area contributed by atoms with Gasteiger partial charge >= 0.3 is 0 Å². The Labute approximate surface area is 116 Å². The van der Waals surface area contributed by atoms with Crippen LogP contribution in [-0.4, -0.2) is 39.8 Å². The molecule has 0 spiro atoms. The first-order valence-electron chi connectivity index (χ1n) is 5.79. The Bertz CT molecular complexity index is 473. The third kappa shape index (κ3) is 4.91. The van der Waals surface area contributed by atoms with E-state index in [9.17, 15) is 9.90 Å². The van der Waals surface area contributed by atoms with E-state index in [2.05, 4.69) is 5.32 Å². The fourth-order valence-electron chi connectivity index (χ4n) is 1.31. The zero-order valence-corrected chi connectivity index (χ0v) is 11.4. The lowest BCUT2D eigenvalue weighted by molar-refractivity contribution is -0.115. The van der Waals surface area contributed by atoms with Gasteiger partial charge in [-0.2, -0.15) is 5.26 Å². The number of hydrogen-bond acceptors (Lipinski definition) is 5. The maximum Gasteiger partial charge on any atom is 0.237 e. The number of anilines is 1. The Morgan fingerprint density at radius 3 is 2.84 bits per heavy atom. The zero-order chi connectivity index (χ0) is 14.3. The van der Waals surface area contributed by atoms with E-state index in [1.54, 1.807) is 31.2 Å². The van der Waals surface area contributed by atoms with Crippen LogP contribution in [-0.2, 0) is 4.79 Å². The Morgan fingerprint density at radius 2 is 2.21 bits per heavy atom. The number of para-hydroxylation sites is 1. The highest BCUT2D eigenvalue weighted by Crippen LogP contribution is 2.17. The SMILES string of the molecule is C[C@H](SC[C@@H](O)CO)C(=O)Nc1ccccc1C#N. The van der Waals surface area contributed by atoms with Gasteiger partial charge < -0.3 is 15.5 Å². The largest absolute Gasteiger partial charge is 0.394 e. The predicted octanol–water partition coefficient (Wildman–Crippen LogP) is 0.972. The van der Waals surface area contributed by atoms with Gasteiger partial charge in [0.1, 0.15) is 6.07 Å². The van der Waals surface area contributed by atoms with Crippen molar-refractivity contribution < 1.29 is 15.0 Å². The molecule has 0 fully saturated rings. The minimum atomic E-state index is -0.827. The van der Waals surface area contributed by atoms with Crippen molar-refractivity contribution in [3.63, 3.8) is 0 Å². The van der Waals surface area contributed by atoms with Crippen molar-refractivity contribution >= 4 is 23.4 Å². The van der Waals surface area contributed by atoms with Crippen molar-refractivity contribution in [2.45, 2.75) is 18.3 Å². The number of aliphatic hydroxyl groups is 2. The predicted molar refractivity (Wildman–Crippen MR) is 74.8 cm³/mol. The van der Waals surface area contributed by atoms with Crippen LogP contribution in [0.15, 0.2) is 24.3 Å². The van der Waals surface area contributed by atoms with Gasteiger partial charge in [-0.15, -0.1) is 11.8 Å². The molecule has 1 aromatic rings. The Balaban J connectivity index is 2.57. The van der Waals surface area contributed by atoms with E-state index < -0.39 is 6.10 Å². The molecule has 0 unspecified atom stereocenters. The van der Waals surface area contributed by atoms with Gasteiger partial charge in [0.05, 0.1) is 29.2 Å². The second-order valence-electron chi connectivity index (χ2n) is 3.96. The summed E-state index contributed by atoms with van der Waals surface area (Å²) in [6.07, 6.45) is -0.827. The number of hydrogen-bond donors (Lipinski definition) is 3. The fourth-order valence-corrected chi connectivity index (χ4v) is 2.13. The lowest BCUT2D eigenvalue weighted by Crippen LogP contribution is -2.25. The van der Waals surface area contributed by atoms with E-state index in [-0.39, 0.29) is 23.5 Å². The summed E-state index contributed by atoms with van der Waals surface area (Å²) in [4.78, 5) is 11.9. The van der Waals surface area contributed by atoms with E-state index in [4.69, 9.17) is 10.4 Å². The maximum atomic E-state index is 11.9. The van der Waals surface area contributed by atoms with Gasteiger partial charge in [-0.05, 0) is 19.1 Å². The second-order valence-corrected chi connectivity index (χ2v) is 5.33. The van der Waals surface area contributed by atoms with Gasteiger partial charge in [-0.3, -0.25) is 4.79 Å². The summed E-state index contributed by atoms with van der Waals surface area (Å²) >= 11 is 1.24. The highest BCUT2D eigenvalue weighted by molar-refractivity contribution is 8.00. The standard InChI is InChI=1S/C13H16N2O3S/c1-9(19-8-11(17)7-16)13(18)15-12-5-3-2-4-10(12)6-14/h2-5,9,11,16-17H,7-8H2,1H3,(H,15,18)/t9-,11-/m0/s1. The topological polar surface area (TPSA) is 93.3 Å². The van der Waals surface area contributed by atoms with Crippen LogP contribution < -0.4 is 5.32 Å². The smallest absolute Gasteiger partial charge is 0.237 e. The number of aliphatic hydroxyl groups excluding tert-OH is 2. The molecule has 1 amide bonds. The molecule has 0 saturated carbocycles. The van der Waals surface area contributed by atoms with Crippen LogP contribution in [0.25, 0.3) is 0 Å². The number of thioether (sulfide) groups is 1. The molecule has 19 heavy (non-hydrogen) atoms. The molecule has 0 aliphatic carbocycles. The first-order valence-corrected chi connectivity index (χ1v) is 6.84. The van der Waals surface area contributed by atoms with Crippen molar-refractivity contribution in [2.24, 2.45) is 0 Å². The molecule has 0 heterocycles. The number of rotatable bonds is 6. The summed E-state index contributed by atoms with van der Waals surface area (Å²) in [5.74, 6) is 0.0446. The minimum Gasteiger partial charge on any atom is -0.394 e. The van der Waals surface area contributed by atoms with Gasteiger partial charge in [0.25, 0.3) is 0 Å². The molecule has 3 N–H and O–H groups in total. The van der Waals surface area contributed by atoms with Crippen molar-refractivity contribution in [1.29, 1.82) is 5.26 Å². The van der Waals surface area contributed by atoms with E-state index in [1.165, 1.54) is 11.8 Å². The fraction of sp³-hybridized carbons (Fsp3) is 0.385. The van der Waals surface area contributed by atoms with Gasteiger partial charge in [0.2, 0.25) is 5.91 Å². The number of nitriles is 1. The third-order valence-electron chi connectivity index (χ3n) is 2.42. The van der Waals surface area contributed by atoms with Crippen LogP contribution in [0.2, 0.25) is 0 Å². The first-order chi connectivity index (χ1) is 9.08. The highest BCUT2D eigenvalue weighted by atomic mass is 32.2. The molecule has 0 aliphatic rings. The van der Waals surface area contributed by atoms with Crippen molar-refractivity contribution in [1.82, 2.24) is 0 Å². The van der Waals surface area contributed by atoms with Gasteiger partial charge in [0, 0.05) is 5.75 Å². The molecule has 5 nitrogen and oxygen atoms in total. The van der Waals surface area contributed by atoms with Crippen LogP contribution >= 0.6 is 11.8 Å². The van der Waals surface area contributed by atoms with E-state index >= 15 is 0 Å². The molecule has 0 aromatic heterocycles. The number of nitrogens with zero attached hydrogens (tertiary/aromatic N) is 1. The number of benzene rings is 1. The average Bonchev–Trinajstić information content (AvgIpc) is 2.44. The molecule has 1 aromatic carbocycles. The molecule has 0 bridgehead atoms. The van der Waals surface area contributed by atoms with Crippen molar-refractivity contribution in [2.75, 3.05) is 17.7 Å². The highest BCUT2D eigenvalue weighted by Gasteiger charge is 2.16. The maximum absolute atomic E-state index is 11.9. The van der Waals surface area contributed by atoms with E-state index in [1.807, 2.05) is 6.07 Å². The molecule has 2 atom stereocenters. The minimum absolute atomic E-state index is 0.238. The van der Waals surface area contributed by atoms with E-state index in [0.717, 1.165) is 0 Å². The normalized spacial score (nSPS) is 13.4. The molecule has 1 rings (SSSR count). The summed E-state index contributed by atoms with van der Waals surface area (Å²) in [5, 5.41) is 29.1. The summed E-state index contributed by atoms with van der Waals surface area (Å²) in [5.41, 5.74) is 0.883. The second kappa shape index (κ2) is 7.79. The van der Waals surface area contributed by atoms with Gasteiger partial charge in [-0.25, -0.2) is 0 Å². The number of carbonyl (C=O) groups is 1. The van der Waals surface area contributed by atoms with Crippen molar-refractivity contribution in [3.05, 3.63) is 29.8 Å². The number of amides is 1. The van der Waals surface area contributed by atoms with Gasteiger partial charge in [0.15, 0.2) is 0 Å². The molecule has 0 radical (unpaired) electrons. The summed E-state index contributed by atoms with van der Waals surface area (Å²) in [6.45, 7) is 1.39.